The minimum absolute atomic E-state index is 0.159. The maximum absolute atomic E-state index is 13.6. The topological polar surface area (TPSA) is 67.4 Å². The van der Waals surface area contributed by atoms with Crippen LogP contribution in [0.4, 0.5) is 14.9 Å². The fraction of sp³-hybridized carbons (Fsp3) is 0.312. The van der Waals surface area contributed by atoms with Crippen LogP contribution in [0.1, 0.15) is 12.8 Å². The van der Waals surface area contributed by atoms with E-state index in [1.807, 2.05) is 0 Å². The second-order valence-electron chi connectivity index (χ2n) is 5.42. The molecule has 1 unspecified atom stereocenters. The number of hydrogen-bond acceptors (Lipinski definition) is 4. The van der Waals surface area contributed by atoms with Gasteiger partial charge in [-0.25, -0.2) is 19.2 Å². The van der Waals surface area contributed by atoms with Crippen molar-refractivity contribution in [2.75, 3.05) is 18.4 Å². The Morgan fingerprint density at radius 3 is 2.83 bits per heavy atom. The molecule has 0 aliphatic carbocycles. The van der Waals surface area contributed by atoms with Gasteiger partial charge in [0.1, 0.15) is 11.9 Å². The molecule has 1 atom stereocenters. The molecule has 2 heterocycles. The normalized spacial score (nSPS) is 17.4. The number of ether oxygens (including phenoxy) is 1. The van der Waals surface area contributed by atoms with E-state index in [4.69, 9.17) is 16.3 Å². The number of nitrogens with one attached hydrogen (secondary N) is 1. The lowest BCUT2D eigenvalue weighted by atomic mass is 10.1. The highest BCUT2D eigenvalue weighted by Crippen LogP contribution is 2.18. The summed E-state index contributed by atoms with van der Waals surface area (Å²) in [7, 11) is 0. The molecular weight excluding hydrogens is 335 g/mol. The Morgan fingerprint density at radius 2 is 2.08 bits per heavy atom. The third-order valence-corrected chi connectivity index (χ3v) is 3.84. The lowest BCUT2D eigenvalue weighted by Crippen LogP contribution is -2.46. The summed E-state index contributed by atoms with van der Waals surface area (Å²) in [5, 5.41) is 3.01. The number of urea groups is 1. The molecule has 1 aliphatic rings. The number of hydrogen-bond donors (Lipinski definition) is 1. The van der Waals surface area contributed by atoms with Crippen molar-refractivity contribution in [3.8, 4) is 6.01 Å². The maximum atomic E-state index is 13.6. The van der Waals surface area contributed by atoms with E-state index >= 15 is 0 Å². The van der Waals surface area contributed by atoms with Crippen molar-refractivity contribution < 1.29 is 13.9 Å². The van der Waals surface area contributed by atoms with Gasteiger partial charge in [-0.15, -0.1) is 0 Å². The van der Waals surface area contributed by atoms with Gasteiger partial charge in [-0.3, -0.25) is 0 Å². The number of nitrogens with zero attached hydrogens (tertiary/aromatic N) is 3. The average molecular weight is 351 g/mol. The summed E-state index contributed by atoms with van der Waals surface area (Å²) in [5.74, 6) is -0.467. The molecule has 1 fully saturated rings. The minimum atomic E-state index is -0.467. The third-order valence-electron chi connectivity index (χ3n) is 3.65. The predicted molar refractivity (Wildman–Crippen MR) is 87.7 cm³/mol. The molecule has 3 rings (SSSR count). The van der Waals surface area contributed by atoms with E-state index < -0.39 is 5.82 Å². The average Bonchev–Trinajstić information content (AvgIpc) is 2.59. The van der Waals surface area contributed by atoms with E-state index in [-0.39, 0.29) is 23.8 Å². The summed E-state index contributed by atoms with van der Waals surface area (Å²) in [6.45, 7) is 0.966. The predicted octanol–water partition coefficient (Wildman–Crippen LogP) is 3.34. The monoisotopic (exact) mass is 350 g/mol. The number of anilines is 1. The first kappa shape index (κ1) is 16.4. The number of carbonyl (C=O) groups excluding carboxylic acids is 1. The number of likely N-dealkylation sites (tertiary alicyclic amines) is 1. The van der Waals surface area contributed by atoms with E-state index in [1.54, 1.807) is 17.0 Å². The van der Waals surface area contributed by atoms with Gasteiger partial charge in [0.05, 0.1) is 29.6 Å². The fourth-order valence-corrected chi connectivity index (χ4v) is 2.58. The van der Waals surface area contributed by atoms with Crippen LogP contribution in [0.25, 0.3) is 0 Å². The quantitative estimate of drug-likeness (QED) is 0.921. The molecule has 1 aliphatic heterocycles. The van der Waals surface area contributed by atoms with Crippen LogP contribution >= 0.6 is 11.6 Å². The van der Waals surface area contributed by atoms with Crippen LogP contribution < -0.4 is 10.1 Å². The van der Waals surface area contributed by atoms with Crippen LogP contribution in [-0.4, -0.2) is 40.1 Å². The van der Waals surface area contributed by atoms with Crippen LogP contribution in [0.2, 0.25) is 5.02 Å². The van der Waals surface area contributed by atoms with Crippen molar-refractivity contribution in [2.45, 2.75) is 18.9 Å². The van der Waals surface area contributed by atoms with E-state index in [1.165, 1.54) is 24.5 Å². The molecule has 2 amide bonds. The van der Waals surface area contributed by atoms with Crippen molar-refractivity contribution >= 4 is 23.3 Å². The number of benzene rings is 1. The molecule has 0 spiro atoms. The molecule has 8 heteroatoms. The molecule has 0 bridgehead atoms. The van der Waals surface area contributed by atoms with Gasteiger partial charge in [-0.05, 0) is 25.0 Å². The van der Waals surface area contributed by atoms with E-state index in [0.717, 1.165) is 12.8 Å². The molecular formula is C16H16ClFN4O2. The van der Waals surface area contributed by atoms with Crippen molar-refractivity contribution in [1.82, 2.24) is 14.9 Å². The Hall–Kier alpha value is -2.41. The first-order valence-corrected chi connectivity index (χ1v) is 7.94. The molecule has 0 radical (unpaired) electrons. The fourth-order valence-electron chi connectivity index (χ4n) is 2.49. The highest BCUT2D eigenvalue weighted by atomic mass is 35.5. The second-order valence-corrected chi connectivity index (χ2v) is 5.86. The zero-order valence-corrected chi connectivity index (χ0v) is 13.5. The number of rotatable bonds is 3. The lowest BCUT2D eigenvalue weighted by Gasteiger charge is -2.32. The Labute approximate surface area is 143 Å². The summed E-state index contributed by atoms with van der Waals surface area (Å²) >= 11 is 5.74. The van der Waals surface area contributed by atoms with Crippen LogP contribution in [0.15, 0.2) is 36.7 Å². The van der Waals surface area contributed by atoms with Gasteiger partial charge >= 0.3 is 12.0 Å². The number of halogens is 2. The summed E-state index contributed by atoms with van der Waals surface area (Å²) in [4.78, 5) is 21.9. The number of aromatic nitrogens is 2. The van der Waals surface area contributed by atoms with Crippen LogP contribution in [0, 0.1) is 5.82 Å². The molecule has 1 saturated heterocycles. The second kappa shape index (κ2) is 7.44. The zero-order chi connectivity index (χ0) is 16.9. The number of carbonyl (C=O) groups is 1. The van der Waals surface area contributed by atoms with Gasteiger partial charge in [-0.1, -0.05) is 23.7 Å². The van der Waals surface area contributed by atoms with Gasteiger partial charge < -0.3 is 15.0 Å². The molecule has 1 N–H and O–H groups in total. The molecule has 1 aromatic heterocycles. The van der Waals surface area contributed by atoms with Crippen molar-refractivity contribution in [3.63, 3.8) is 0 Å². The van der Waals surface area contributed by atoms with Crippen molar-refractivity contribution in [3.05, 3.63) is 47.5 Å². The summed E-state index contributed by atoms with van der Waals surface area (Å²) in [6.07, 6.45) is 4.26. The summed E-state index contributed by atoms with van der Waals surface area (Å²) in [6, 6.07) is 5.93. The number of para-hydroxylation sites is 1. The Bertz CT molecular complexity index is 713. The highest BCUT2D eigenvalue weighted by molar-refractivity contribution is 6.30. The smallest absolute Gasteiger partial charge is 0.322 e. The van der Waals surface area contributed by atoms with Crippen LogP contribution in [0.5, 0.6) is 6.01 Å². The SMILES string of the molecule is O=C(Nc1ccccc1F)N1CCCC(Oc2ncc(Cl)cn2)C1. The third kappa shape index (κ3) is 4.11. The molecule has 1 aromatic carbocycles. The molecule has 24 heavy (non-hydrogen) atoms. The lowest BCUT2D eigenvalue weighted by molar-refractivity contribution is 0.0983. The minimum Gasteiger partial charge on any atom is -0.458 e. The van der Waals surface area contributed by atoms with Gasteiger partial charge in [-0.2, -0.15) is 0 Å². The van der Waals surface area contributed by atoms with Gasteiger partial charge in [0.2, 0.25) is 0 Å². The van der Waals surface area contributed by atoms with E-state index in [2.05, 4.69) is 15.3 Å². The number of piperidine rings is 1. The molecule has 126 valence electrons. The Morgan fingerprint density at radius 1 is 1.33 bits per heavy atom. The molecule has 0 saturated carbocycles. The summed E-state index contributed by atoms with van der Waals surface area (Å²) in [5.41, 5.74) is 0.159. The highest BCUT2D eigenvalue weighted by Gasteiger charge is 2.26. The standard InChI is InChI=1S/C16H16ClFN4O2/c17-11-8-19-15(20-9-11)24-12-4-3-7-22(10-12)16(23)21-14-6-2-1-5-13(14)18/h1-2,5-6,8-9,12H,3-4,7,10H2,(H,21,23). The molecule has 6 nitrogen and oxygen atoms in total. The largest absolute Gasteiger partial charge is 0.458 e. The summed E-state index contributed by atoms with van der Waals surface area (Å²) < 4.78 is 19.3. The van der Waals surface area contributed by atoms with Crippen molar-refractivity contribution in [1.29, 1.82) is 0 Å². The van der Waals surface area contributed by atoms with Gasteiger partial charge in [0.25, 0.3) is 0 Å². The van der Waals surface area contributed by atoms with Gasteiger partial charge in [0.15, 0.2) is 0 Å². The van der Waals surface area contributed by atoms with E-state index in [9.17, 15) is 9.18 Å². The van der Waals surface area contributed by atoms with Crippen molar-refractivity contribution in [2.24, 2.45) is 0 Å². The number of amides is 2. The Kier molecular flexibility index (Phi) is 5.10. The van der Waals surface area contributed by atoms with Gasteiger partial charge in [0, 0.05) is 6.54 Å². The zero-order valence-electron chi connectivity index (χ0n) is 12.8. The molecule has 2 aromatic rings. The first-order chi connectivity index (χ1) is 11.6. The maximum Gasteiger partial charge on any atom is 0.322 e. The van der Waals surface area contributed by atoms with Crippen LogP contribution in [-0.2, 0) is 0 Å². The van der Waals surface area contributed by atoms with E-state index in [0.29, 0.717) is 18.1 Å². The first-order valence-electron chi connectivity index (χ1n) is 7.56. The van der Waals surface area contributed by atoms with Crippen LogP contribution in [0.3, 0.4) is 0 Å². The Balaban J connectivity index is 1.59.